The highest BCUT2D eigenvalue weighted by Gasteiger charge is 2.35. The summed E-state index contributed by atoms with van der Waals surface area (Å²) in [6.45, 7) is 6.06. The summed E-state index contributed by atoms with van der Waals surface area (Å²) < 4.78 is 9.52. The van der Waals surface area contributed by atoms with Gasteiger partial charge in [-0.1, -0.05) is 46.3 Å². The molecule has 0 aliphatic carbocycles. The molecular formula is C37H36BrN5O5. The van der Waals surface area contributed by atoms with Crippen LogP contribution >= 0.6 is 15.9 Å². The second-order valence-corrected chi connectivity index (χ2v) is 12.8. The van der Waals surface area contributed by atoms with Gasteiger partial charge in [-0.3, -0.25) is 23.7 Å². The Kier molecular flexibility index (Phi) is 9.61. The second-order valence-electron chi connectivity index (χ2n) is 12.0. The van der Waals surface area contributed by atoms with E-state index < -0.39 is 12.0 Å². The molecule has 1 aliphatic heterocycles. The number of ether oxygens (including phenoxy) is 1. The number of fused-ring (bicyclic) bond motifs is 1. The van der Waals surface area contributed by atoms with Crippen LogP contribution in [-0.2, 0) is 19.6 Å². The normalized spacial score (nSPS) is 14.7. The predicted molar refractivity (Wildman–Crippen MR) is 186 cm³/mol. The maximum atomic E-state index is 14.2. The number of nitrogens with zero attached hydrogens (tertiary/aromatic N) is 4. The Morgan fingerprint density at radius 1 is 1.06 bits per heavy atom. The summed E-state index contributed by atoms with van der Waals surface area (Å²) >= 11 is 3.50. The van der Waals surface area contributed by atoms with E-state index in [1.807, 2.05) is 68.4 Å². The number of hydrogen-bond acceptors (Lipinski definition) is 6. The lowest BCUT2D eigenvalue weighted by atomic mass is 10.0. The molecule has 2 N–H and O–H groups in total. The van der Waals surface area contributed by atoms with Crippen LogP contribution in [0.25, 0.3) is 16.9 Å². The first-order valence-electron chi connectivity index (χ1n) is 15.7. The molecule has 0 spiro atoms. The first kappa shape index (κ1) is 32.9. The first-order chi connectivity index (χ1) is 23.1. The number of halogens is 1. The Bertz CT molecular complexity index is 2020. The van der Waals surface area contributed by atoms with Gasteiger partial charge in [0.1, 0.15) is 18.1 Å². The van der Waals surface area contributed by atoms with Crippen LogP contribution in [0, 0.1) is 6.92 Å². The van der Waals surface area contributed by atoms with Gasteiger partial charge in [-0.25, -0.2) is 4.79 Å². The number of amides is 2. The minimum atomic E-state index is -0.641. The molecule has 0 fully saturated rings. The van der Waals surface area contributed by atoms with Gasteiger partial charge in [-0.2, -0.15) is 0 Å². The minimum Gasteiger partial charge on any atom is -0.491 e. The lowest BCUT2D eigenvalue weighted by Crippen LogP contribution is -2.47. The molecule has 3 aromatic carbocycles. The van der Waals surface area contributed by atoms with Crippen molar-refractivity contribution in [1.29, 1.82) is 0 Å². The van der Waals surface area contributed by atoms with E-state index in [0.717, 1.165) is 26.9 Å². The number of aryl methyl sites for hydroxylation is 1. The van der Waals surface area contributed by atoms with Crippen molar-refractivity contribution in [1.82, 2.24) is 24.3 Å². The summed E-state index contributed by atoms with van der Waals surface area (Å²) in [6, 6.07) is 25.3. The number of carbonyl (C=O) groups excluding carboxylic acids is 2. The van der Waals surface area contributed by atoms with Gasteiger partial charge in [0.25, 0.3) is 11.8 Å². The Hall–Kier alpha value is -5.00. The summed E-state index contributed by atoms with van der Waals surface area (Å²) in [5, 5.41) is 12.7. The van der Waals surface area contributed by atoms with Crippen molar-refractivity contribution in [3.63, 3.8) is 0 Å². The van der Waals surface area contributed by atoms with E-state index in [9.17, 15) is 19.5 Å². The Morgan fingerprint density at radius 3 is 2.52 bits per heavy atom. The number of benzene rings is 3. The number of aliphatic hydroxyl groups is 1. The topological polar surface area (TPSA) is 119 Å². The molecule has 48 heavy (non-hydrogen) atoms. The molecule has 2 aromatic heterocycles. The molecule has 11 heteroatoms. The van der Waals surface area contributed by atoms with Crippen molar-refractivity contribution in [2.75, 3.05) is 6.61 Å². The Morgan fingerprint density at radius 2 is 1.81 bits per heavy atom. The quantitative estimate of drug-likeness (QED) is 0.209. The molecule has 0 unspecified atom stereocenters. The van der Waals surface area contributed by atoms with Gasteiger partial charge in [0.15, 0.2) is 0 Å². The Balaban J connectivity index is 1.38. The van der Waals surface area contributed by atoms with Gasteiger partial charge >= 0.3 is 5.69 Å². The molecule has 3 heterocycles. The van der Waals surface area contributed by atoms with Crippen molar-refractivity contribution in [2.45, 2.75) is 52.6 Å². The van der Waals surface area contributed by atoms with Crippen LogP contribution in [-0.4, -0.2) is 54.7 Å². The number of aliphatic hydroxyl groups excluding tert-OH is 1. The first-order valence-corrected chi connectivity index (χ1v) is 16.5. The molecule has 0 saturated carbocycles. The summed E-state index contributed by atoms with van der Waals surface area (Å²) in [7, 11) is 0. The van der Waals surface area contributed by atoms with Gasteiger partial charge in [-0.05, 0) is 86.5 Å². The van der Waals surface area contributed by atoms with E-state index >= 15 is 0 Å². The average Bonchev–Trinajstić information content (AvgIpc) is 3.38. The highest BCUT2D eigenvalue weighted by Crippen LogP contribution is 2.27. The number of hydrogen-bond donors (Lipinski definition) is 2. The van der Waals surface area contributed by atoms with E-state index in [0.29, 0.717) is 22.7 Å². The van der Waals surface area contributed by atoms with E-state index in [-0.39, 0.29) is 49.6 Å². The fraction of sp³-hybridized carbons (Fsp3) is 0.243. The van der Waals surface area contributed by atoms with Crippen LogP contribution in [0.15, 0.2) is 100 Å². The molecule has 2 atom stereocenters. The van der Waals surface area contributed by atoms with Crippen molar-refractivity contribution in [3.05, 3.63) is 134 Å². The zero-order chi connectivity index (χ0) is 33.9. The third-order valence-electron chi connectivity index (χ3n) is 8.41. The van der Waals surface area contributed by atoms with Crippen molar-refractivity contribution in [3.8, 4) is 22.7 Å². The number of rotatable bonds is 9. The summed E-state index contributed by atoms with van der Waals surface area (Å²) in [6.07, 6.45) is 1.08. The van der Waals surface area contributed by atoms with Gasteiger partial charge in [0, 0.05) is 40.9 Å². The van der Waals surface area contributed by atoms with Crippen molar-refractivity contribution >= 4 is 27.7 Å². The highest BCUT2D eigenvalue weighted by atomic mass is 79.9. The fourth-order valence-electron chi connectivity index (χ4n) is 5.92. The third kappa shape index (κ3) is 6.69. The number of carbonyl (C=O) groups is 2. The second kappa shape index (κ2) is 14.0. The van der Waals surface area contributed by atoms with Crippen LogP contribution in [0.2, 0.25) is 0 Å². The summed E-state index contributed by atoms with van der Waals surface area (Å²) in [5.41, 5.74) is 4.70. The van der Waals surface area contributed by atoms with Gasteiger partial charge in [0.2, 0.25) is 0 Å². The maximum Gasteiger partial charge on any atom is 0.333 e. The largest absolute Gasteiger partial charge is 0.491 e. The number of aromatic nitrogens is 3. The summed E-state index contributed by atoms with van der Waals surface area (Å²) in [5.74, 6) is -0.115. The van der Waals surface area contributed by atoms with E-state index in [1.165, 1.54) is 4.57 Å². The number of pyridine rings is 1. The van der Waals surface area contributed by atoms with E-state index in [4.69, 9.17) is 4.74 Å². The van der Waals surface area contributed by atoms with Crippen LogP contribution in [0.1, 0.15) is 51.5 Å². The molecule has 0 radical (unpaired) electrons. The molecule has 6 rings (SSSR count). The zero-order valence-corrected chi connectivity index (χ0v) is 28.5. The highest BCUT2D eigenvalue weighted by molar-refractivity contribution is 9.10. The predicted octanol–water partition coefficient (Wildman–Crippen LogP) is 5.51. The van der Waals surface area contributed by atoms with Gasteiger partial charge < -0.3 is 20.1 Å². The lowest BCUT2D eigenvalue weighted by Gasteiger charge is -2.34. The van der Waals surface area contributed by atoms with Crippen molar-refractivity contribution < 1.29 is 19.4 Å². The van der Waals surface area contributed by atoms with Crippen LogP contribution in [0.4, 0.5) is 0 Å². The number of imidazole rings is 1. The molecule has 0 saturated heterocycles. The van der Waals surface area contributed by atoms with Crippen molar-refractivity contribution in [2.24, 2.45) is 0 Å². The smallest absolute Gasteiger partial charge is 0.333 e. The van der Waals surface area contributed by atoms with E-state index in [1.54, 1.807) is 52.9 Å². The lowest BCUT2D eigenvalue weighted by molar-refractivity contribution is 0.0610. The minimum absolute atomic E-state index is 0.0697. The molecular weight excluding hydrogens is 674 g/mol. The molecule has 5 aromatic rings. The van der Waals surface area contributed by atoms with E-state index in [2.05, 4.69) is 26.2 Å². The fourth-order valence-corrected chi connectivity index (χ4v) is 6.17. The molecule has 0 bridgehead atoms. The maximum absolute atomic E-state index is 14.2. The number of nitrogens with one attached hydrogen (secondary N) is 1. The Labute approximate surface area is 286 Å². The molecule has 10 nitrogen and oxygen atoms in total. The third-order valence-corrected chi connectivity index (χ3v) is 9.30. The van der Waals surface area contributed by atoms with Gasteiger partial charge in [-0.15, -0.1) is 0 Å². The molecule has 246 valence electrons. The molecule has 2 amide bonds. The monoisotopic (exact) mass is 709 g/mol. The summed E-state index contributed by atoms with van der Waals surface area (Å²) in [4.78, 5) is 48.4. The average molecular weight is 711 g/mol. The SMILES string of the molecule is Cc1cc(C(=O)N2Cc3c(C(=O)NCc4ccccc4-c4ccccn4)n(-c4ccc(OC[C@H](C)O)cc4)c(=O)n3C[C@@H]2C)ccc1Br. The van der Waals surface area contributed by atoms with Gasteiger partial charge in [0.05, 0.1) is 29.7 Å². The van der Waals surface area contributed by atoms with Crippen LogP contribution in [0.3, 0.4) is 0 Å². The van der Waals surface area contributed by atoms with Crippen LogP contribution < -0.4 is 15.7 Å². The standard InChI is InChI=1S/C37H36BrN5O5/c1-23-18-26(11-16-31(23)38)36(46)41-21-33-34(35(45)40-19-27-8-4-5-9-30(27)32-10-6-7-17-39-32)43(37(47)42(33)20-24(41)2)28-12-14-29(15-13-28)48-22-25(3)44/h4-18,24-25,44H,19-22H2,1-3H3,(H,40,45)/t24-,25-/m0/s1. The zero-order valence-electron chi connectivity index (χ0n) is 26.9. The van der Waals surface area contributed by atoms with Crippen LogP contribution in [0.5, 0.6) is 5.75 Å². The molecule has 1 aliphatic rings.